The Morgan fingerprint density at radius 2 is 1.26 bits per heavy atom. The van der Waals surface area contributed by atoms with Gasteiger partial charge in [0, 0.05) is 6.04 Å². The summed E-state index contributed by atoms with van der Waals surface area (Å²) in [7, 11) is 0. The highest BCUT2D eigenvalue weighted by atomic mass is 16.2. The summed E-state index contributed by atoms with van der Waals surface area (Å²) in [6.07, 6.45) is 13.7. The van der Waals surface area contributed by atoms with Crippen LogP contribution in [0.25, 0.3) is 0 Å². The van der Waals surface area contributed by atoms with Gasteiger partial charge in [-0.3, -0.25) is 10.1 Å². The number of nitrogens with zero attached hydrogens (tertiary/aromatic N) is 1. The summed E-state index contributed by atoms with van der Waals surface area (Å²) < 4.78 is 0. The van der Waals surface area contributed by atoms with Gasteiger partial charge in [0.1, 0.15) is 6.54 Å². The molecule has 1 saturated carbocycles. The normalized spacial score (nSPS) is 24.7. The van der Waals surface area contributed by atoms with Gasteiger partial charge >= 0.3 is 6.03 Å². The molecule has 0 aromatic carbocycles. The zero-order chi connectivity index (χ0) is 13.5. The molecule has 1 aliphatic carbocycles. The van der Waals surface area contributed by atoms with Crippen LogP contribution in [0.1, 0.15) is 70.6 Å². The molecule has 2 aliphatic rings. The average molecular weight is 266 g/mol. The van der Waals surface area contributed by atoms with Gasteiger partial charge in [-0.25, -0.2) is 4.79 Å². The van der Waals surface area contributed by atoms with Gasteiger partial charge in [-0.05, 0) is 12.8 Å². The zero-order valence-corrected chi connectivity index (χ0v) is 11.8. The quantitative estimate of drug-likeness (QED) is 0.741. The zero-order valence-electron chi connectivity index (χ0n) is 11.8. The van der Waals surface area contributed by atoms with Crippen LogP contribution >= 0.6 is 0 Å². The van der Waals surface area contributed by atoms with E-state index in [0.717, 1.165) is 12.8 Å². The molecule has 2 fully saturated rings. The van der Waals surface area contributed by atoms with Crippen molar-refractivity contribution in [3.63, 3.8) is 0 Å². The van der Waals surface area contributed by atoms with Gasteiger partial charge in [0.25, 0.3) is 0 Å². The predicted molar refractivity (Wildman–Crippen MR) is 74.8 cm³/mol. The Bertz CT molecular complexity index is 305. The molecule has 19 heavy (non-hydrogen) atoms. The standard InChI is InChI=1S/C15H26N2O2/c18-14-12-17(15(19)16-14)13-10-8-6-4-2-1-3-5-7-9-11-13/h13H,1-12H2,(H,16,18,19). The second-order valence-electron chi connectivity index (χ2n) is 5.89. The van der Waals surface area contributed by atoms with Crippen LogP contribution in [0.4, 0.5) is 4.79 Å². The van der Waals surface area contributed by atoms with E-state index in [9.17, 15) is 9.59 Å². The summed E-state index contributed by atoms with van der Waals surface area (Å²) in [4.78, 5) is 24.8. The summed E-state index contributed by atoms with van der Waals surface area (Å²) in [6, 6.07) is 0.0907. The number of rotatable bonds is 1. The van der Waals surface area contributed by atoms with Gasteiger partial charge in [-0.1, -0.05) is 57.8 Å². The van der Waals surface area contributed by atoms with Crippen LogP contribution in [0.2, 0.25) is 0 Å². The third kappa shape index (κ3) is 4.51. The second-order valence-corrected chi connectivity index (χ2v) is 5.89. The predicted octanol–water partition coefficient (Wildman–Crippen LogP) is 3.21. The molecule has 1 saturated heterocycles. The van der Waals surface area contributed by atoms with Crippen molar-refractivity contribution in [2.75, 3.05) is 6.54 Å². The Hall–Kier alpha value is -1.06. The van der Waals surface area contributed by atoms with E-state index in [-0.39, 0.29) is 24.5 Å². The fourth-order valence-corrected chi connectivity index (χ4v) is 3.21. The molecule has 0 unspecified atom stereocenters. The van der Waals surface area contributed by atoms with Crippen LogP contribution in [0.5, 0.6) is 0 Å². The molecule has 1 heterocycles. The van der Waals surface area contributed by atoms with Crippen molar-refractivity contribution in [3.05, 3.63) is 0 Å². The van der Waals surface area contributed by atoms with Crippen LogP contribution in [0.3, 0.4) is 0 Å². The smallest absolute Gasteiger partial charge is 0.312 e. The van der Waals surface area contributed by atoms with Crippen LogP contribution in [0.15, 0.2) is 0 Å². The molecular weight excluding hydrogens is 240 g/mol. The van der Waals surface area contributed by atoms with Crippen molar-refractivity contribution in [1.82, 2.24) is 10.2 Å². The first kappa shape index (κ1) is 14.4. The maximum atomic E-state index is 11.8. The van der Waals surface area contributed by atoms with E-state index in [4.69, 9.17) is 0 Å². The number of hydrogen-bond acceptors (Lipinski definition) is 2. The van der Waals surface area contributed by atoms with E-state index in [2.05, 4.69) is 5.32 Å². The second kappa shape index (κ2) is 7.51. The highest BCUT2D eigenvalue weighted by Crippen LogP contribution is 2.21. The number of urea groups is 1. The maximum Gasteiger partial charge on any atom is 0.324 e. The SMILES string of the molecule is O=C1CN(C2CCCCCCCCCCC2)C(=O)N1. The van der Waals surface area contributed by atoms with Crippen LogP contribution in [-0.2, 0) is 4.79 Å². The average Bonchev–Trinajstić information content (AvgIpc) is 2.69. The molecule has 108 valence electrons. The number of amides is 3. The minimum absolute atomic E-state index is 0.142. The highest BCUT2D eigenvalue weighted by Gasteiger charge is 2.32. The van der Waals surface area contributed by atoms with Gasteiger partial charge in [0.05, 0.1) is 0 Å². The van der Waals surface area contributed by atoms with Crippen molar-refractivity contribution >= 4 is 11.9 Å². The molecule has 0 bridgehead atoms. The highest BCUT2D eigenvalue weighted by molar-refractivity contribution is 6.02. The van der Waals surface area contributed by atoms with Crippen molar-refractivity contribution in [1.29, 1.82) is 0 Å². The van der Waals surface area contributed by atoms with E-state index in [0.29, 0.717) is 0 Å². The number of hydrogen-bond donors (Lipinski definition) is 1. The summed E-state index contributed by atoms with van der Waals surface area (Å²) in [6.45, 7) is 0.267. The lowest BCUT2D eigenvalue weighted by molar-refractivity contribution is -0.118. The Kier molecular flexibility index (Phi) is 5.67. The van der Waals surface area contributed by atoms with Crippen LogP contribution in [-0.4, -0.2) is 29.4 Å². The Morgan fingerprint density at radius 1 is 0.789 bits per heavy atom. The molecule has 0 radical (unpaired) electrons. The molecule has 0 aromatic rings. The van der Waals surface area contributed by atoms with Crippen molar-refractivity contribution < 1.29 is 9.59 Å². The number of nitrogens with one attached hydrogen (secondary N) is 1. The Balaban J connectivity index is 1.87. The first-order valence-electron chi connectivity index (χ1n) is 7.88. The fraction of sp³-hybridized carbons (Fsp3) is 0.867. The third-order valence-corrected chi connectivity index (χ3v) is 4.34. The third-order valence-electron chi connectivity index (χ3n) is 4.34. The lowest BCUT2D eigenvalue weighted by Gasteiger charge is -2.26. The topological polar surface area (TPSA) is 49.4 Å². The molecule has 4 nitrogen and oxygen atoms in total. The first-order valence-corrected chi connectivity index (χ1v) is 7.88. The number of imide groups is 1. The lowest BCUT2D eigenvalue weighted by atomic mass is 9.97. The van der Waals surface area contributed by atoms with E-state index in [1.807, 2.05) is 0 Å². The minimum atomic E-state index is -0.179. The Morgan fingerprint density at radius 3 is 1.68 bits per heavy atom. The largest absolute Gasteiger partial charge is 0.324 e. The van der Waals surface area contributed by atoms with Crippen molar-refractivity contribution in [2.45, 2.75) is 76.7 Å². The van der Waals surface area contributed by atoms with Gasteiger partial charge in [-0.15, -0.1) is 0 Å². The monoisotopic (exact) mass is 266 g/mol. The summed E-state index contributed by atoms with van der Waals surface area (Å²) in [5.74, 6) is -0.142. The molecule has 4 heteroatoms. The van der Waals surface area contributed by atoms with E-state index < -0.39 is 0 Å². The van der Waals surface area contributed by atoms with Gasteiger partial charge in [0.2, 0.25) is 5.91 Å². The first-order chi connectivity index (χ1) is 9.27. The molecule has 0 atom stereocenters. The van der Waals surface area contributed by atoms with Crippen molar-refractivity contribution in [2.24, 2.45) is 0 Å². The lowest BCUT2D eigenvalue weighted by Crippen LogP contribution is -2.38. The molecule has 0 spiro atoms. The summed E-state index contributed by atoms with van der Waals surface area (Å²) in [5, 5.41) is 2.40. The van der Waals surface area contributed by atoms with Crippen molar-refractivity contribution in [3.8, 4) is 0 Å². The fourth-order valence-electron chi connectivity index (χ4n) is 3.21. The minimum Gasteiger partial charge on any atom is -0.312 e. The molecule has 1 aliphatic heterocycles. The number of carbonyl (C=O) groups excluding carboxylic acids is 2. The molecular formula is C15H26N2O2. The molecule has 1 N–H and O–H groups in total. The maximum absolute atomic E-state index is 11.8. The van der Waals surface area contributed by atoms with Gasteiger partial charge in [0.15, 0.2) is 0 Å². The van der Waals surface area contributed by atoms with Crippen LogP contribution < -0.4 is 5.32 Å². The van der Waals surface area contributed by atoms with E-state index in [1.165, 1.54) is 57.8 Å². The number of carbonyl (C=O) groups is 2. The molecule has 3 amide bonds. The van der Waals surface area contributed by atoms with Gasteiger partial charge in [-0.2, -0.15) is 0 Å². The van der Waals surface area contributed by atoms with Gasteiger partial charge < -0.3 is 4.90 Å². The summed E-state index contributed by atoms with van der Waals surface area (Å²) in [5.41, 5.74) is 0. The molecule has 2 rings (SSSR count). The molecule has 0 aromatic heterocycles. The van der Waals surface area contributed by atoms with Crippen LogP contribution in [0, 0.1) is 0 Å². The Labute approximate surface area is 115 Å². The van der Waals surface area contributed by atoms with E-state index >= 15 is 0 Å². The van der Waals surface area contributed by atoms with E-state index in [1.54, 1.807) is 4.90 Å². The summed E-state index contributed by atoms with van der Waals surface area (Å²) >= 11 is 0.